The van der Waals surface area contributed by atoms with Crippen LogP contribution in [-0.2, 0) is 20.7 Å². The van der Waals surface area contributed by atoms with Gasteiger partial charge < -0.3 is 4.74 Å². The van der Waals surface area contributed by atoms with Gasteiger partial charge in [0.25, 0.3) is 0 Å². The van der Waals surface area contributed by atoms with Crippen LogP contribution in [0.1, 0.15) is 18.7 Å². The molecule has 1 unspecified atom stereocenters. The van der Waals surface area contributed by atoms with Gasteiger partial charge in [-0.25, -0.2) is 0 Å². The van der Waals surface area contributed by atoms with Crippen molar-refractivity contribution in [3.63, 3.8) is 0 Å². The molecule has 0 aliphatic rings. The maximum absolute atomic E-state index is 11.6. The number of Topliss-reactive ketones (excluding diaryl/α,β-unsaturated/α-hetero) is 1. The van der Waals surface area contributed by atoms with Gasteiger partial charge in [-0.1, -0.05) is 11.3 Å². The van der Waals surface area contributed by atoms with Crippen molar-refractivity contribution < 1.29 is 19.2 Å². The molecular weight excluding hydrogens is 258 g/mol. The first kappa shape index (κ1) is 14.3. The third kappa shape index (κ3) is 3.63. The summed E-state index contributed by atoms with van der Waals surface area (Å²) in [5.41, 5.74) is 0. The highest BCUT2D eigenvalue weighted by Gasteiger charge is 2.26. The molecule has 98 valence electrons. The molecule has 0 aromatic carbocycles. The number of hydrogen-bond acceptors (Lipinski definition) is 6. The van der Waals surface area contributed by atoms with E-state index in [0.29, 0.717) is 4.88 Å². The number of esters is 1. The van der Waals surface area contributed by atoms with Gasteiger partial charge in [0.15, 0.2) is 0 Å². The van der Waals surface area contributed by atoms with Crippen LogP contribution in [0.4, 0.5) is 5.00 Å². The number of thiophene rings is 1. The monoisotopic (exact) mass is 271 g/mol. The summed E-state index contributed by atoms with van der Waals surface area (Å²) in [4.78, 5) is 33.6. The molecule has 1 aromatic rings. The van der Waals surface area contributed by atoms with Gasteiger partial charge in [-0.05, 0) is 19.9 Å². The second-order valence-corrected chi connectivity index (χ2v) is 4.76. The van der Waals surface area contributed by atoms with E-state index in [1.54, 1.807) is 13.0 Å². The maximum atomic E-state index is 11.6. The zero-order valence-electron chi connectivity index (χ0n) is 10.0. The summed E-state index contributed by atoms with van der Waals surface area (Å²) in [6.45, 7) is 3.17. The van der Waals surface area contributed by atoms with Crippen molar-refractivity contribution in [1.29, 1.82) is 0 Å². The molecule has 0 radical (unpaired) electrons. The fourth-order valence-electron chi connectivity index (χ4n) is 1.41. The molecule has 1 atom stereocenters. The van der Waals surface area contributed by atoms with Crippen LogP contribution in [0.25, 0.3) is 0 Å². The quantitative estimate of drug-likeness (QED) is 0.341. The van der Waals surface area contributed by atoms with E-state index in [4.69, 9.17) is 4.74 Å². The number of rotatable bonds is 6. The average Bonchev–Trinajstić information content (AvgIpc) is 2.74. The van der Waals surface area contributed by atoms with Crippen molar-refractivity contribution in [2.45, 2.75) is 20.3 Å². The summed E-state index contributed by atoms with van der Waals surface area (Å²) < 4.78 is 4.80. The topological polar surface area (TPSA) is 86.5 Å². The Balaban J connectivity index is 2.80. The van der Waals surface area contributed by atoms with Gasteiger partial charge in [-0.2, -0.15) is 0 Å². The number of carbonyl (C=O) groups is 2. The van der Waals surface area contributed by atoms with Crippen LogP contribution in [-0.4, -0.2) is 23.3 Å². The standard InChI is InChI=1S/C11H13NO5S/c1-3-17-11(14)9(7(2)13)6-8-4-5-10(18-8)12(15)16/h4-5,9H,3,6H2,1-2H3. The van der Waals surface area contributed by atoms with Crippen LogP contribution in [0.3, 0.4) is 0 Å². The molecule has 6 nitrogen and oxygen atoms in total. The lowest BCUT2D eigenvalue weighted by Crippen LogP contribution is -2.26. The zero-order valence-corrected chi connectivity index (χ0v) is 10.9. The Kier molecular flexibility index (Phi) is 4.96. The molecule has 1 heterocycles. The normalized spacial score (nSPS) is 11.9. The fourth-order valence-corrected chi connectivity index (χ4v) is 2.28. The largest absolute Gasteiger partial charge is 0.465 e. The molecular formula is C11H13NO5S. The predicted molar refractivity (Wildman–Crippen MR) is 65.5 cm³/mol. The van der Waals surface area contributed by atoms with E-state index >= 15 is 0 Å². The molecule has 0 aliphatic heterocycles. The van der Waals surface area contributed by atoms with Gasteiger partial charge in [0.2, 0.25) is 0 Å². The minimum absolute atomic E-state index is 0.00355. The lowest BCUT2D eigenvalue weighted by molar-refractivity contribution is -0.380. The molecule has 0 bridgehead atoms. The summed E-state index contributed by atoms with van der Waals surface area (Å²) in [7, 11) is 0. The van der Waals surface area contributed by atoms with Crippen LogP contribution in [0.2, 0.25) is 0 Å². The zero-order chi connectivity index (χ0) is 13.7. The van der Waals surface area contributed by atoms with E-state index in [-0.39, 0.29) is 23.8 Å². The summed E-state index contributed by atoms with van der Waals surface area (Å²) in [5, 5.41) is 10.5. The highest BCUT2D eigenvalue weighted by Crippen LogP contribution is 2.26. The number of nitrogens with zero attached hydrogens (tertiary/aromatic N) is 1. The van der Waals surface area contributed by atoms with Gasteiger partial charge >= 0.3 is 11.0 Å². The van der Waals surface area contributed by atoms with Gasteiger partial charge in [0.05, 0.1) is 11.5 Å². The van der Waals surface area contributed by atoms with Crippen molar-refractivity contribution in [3.05, 3.63) is 27.1 Å². The van der Waals surface area contributed by atoms with Crippen molar-refractivity contribution in [2.24, 2.45) is 5.92 Å². The van der Waals surface area contributed by atoms with E-state index in [9.17, 15) is 19.7 Å². The van der Waals surface area contributed by atoms with Crippen LogP contribution in [0, 0.1) is 16.0 Å². The van der Waals surface area contributed by atoms with E-state index in [1.165, 1.54) is 13.0 Å². The number of hydrogen-bond donors (Lipinski definition) is 0. The minimum Gasteiger partial charge on any atom is -0.465 e. The van der Waals surface area contributed by atoms with E-state index < -0.39 is 16.8 Å². The molecule has 0 amide bonds. The summed E-state index contributed by atoms with van der Waals surface area (Å²) in [6, 6.07) is 2.92. The lowest BCUT2D eigenvalue weighted by Gasteiger charge is -2.10. The lowest BCUT2D eigenvalue weighted by atomic mass is 10.0. The molecule has 7 heteroatoms. The van der Waals surface area contributed by atoms with E-state index in [0.717, 1.165) is 11.3 Å². The molecule has 0 aliphatic carbocycles. The van der Waals surface area contributed by atoms with Crippen LogP contribution in [0.5, 0.6) is 0 Å². The molecule has 1 rings (SSSR count). The fraction of sp³-hybridized carbons (Fsp3) is 0.455. The Hall–Kier alpha value is -1.76. The van der Waals surface area contributed by atoms with E-state index in [1.807, 2.05) is 0 Å². The first-order valence-corrected chi connectivity index (χ1v) is 6.17. The molecule has 0 saturated heterocycles. The van der Waals surface area contributed by atoms with Crippen LogP contribution in [0.15, 0.2) is 12.1 Å². The first-order valence-electron chi connectivity index (χ1n) is 5.35. The molecule has 18 heavy (non-hydrogen) atoms. The second-order valence-electron chi connectivity index (χ2n) is 3.62. The Labute approximate surface area is 108 Å². The third-order valence-corrected chi connectivity index (χ3v) is 3.35. The van der Waals surface area contributed by atoms with Crippen molar-refractivity contribution in [2.75, 3.05) is 6.61 Å². The van der Waals surface area contributed by atoms with Gasteiger partial charge in [-0.15, -0.1) is 0 Å². The minimum atomic E-state index is -0.886. The van der Waals surface area contributed by atoms with Crippen molar-refractivity contribution in [1.82, 2.24) is 0 Å². The molecule has 0 saturated carbocycles. The Morgan fingerprint density at radius 3 is 2.61 bits per heavy atom. The number of ketones is 1. The maximum Gasteiger partial charge on any atom is 0.324 e. The molecule has 0 fully saturated rings. The Morgan fingerprint density at radius 1 is 1.50 bits per heavy atom. The summed E-state index contributed by atoms with van der Waals surface area (Å²) >= 11 is 0.963. The number of nitro groups is 1. The number of ether oxygens (including phenoxy) is 1. The van der Waals surface area contributed by atoms with Crippen molar-refractivity contribution >= 4 is 28.1 Å². The van der Waals surface area contributed by atoms with Gasteiger partial charge in [0, 0.05) is 17.4 Å². The highest BCUT2D eigenvalue weighted by atomic mass is 32.1. The molecule has 1 aromatic heterocycles. The molecule has 0 N–H and O–H groups in total. The highest BCUT2D eigenvalue weighted by molar-refractivity contribution is 7.15. The SMILES string of the molecule is CCOC(=O)C(Cc1ccc([N+](=O)[O-])s1)C(C)=O. The number of carbonyl (C=O) groups excluding carboxylic acids is 2. The summed E-state index contributed by atoms with van der Waals surface area (Å²) in [6.07, 6.45) is 0.146. The van der Waals surface area contributed by atoms with Gasteiger partial charge in [-0.3, -0.25) is 19.7 Å². The third-order valence-electron chi connectivity index (χ3n) is 2.29. The van der Waals surface area contributed by atoms with Crippen molar-refractivity contribution in [3.8, 4) is 0 Å². The Bertz CT molecular complexity index is 468. The molecule has 0 spiro atoms. The van der Waals surface area contributed by atoms with Crippen LogP contribution >= 0.6 is 11.3 Å². The first-order chi connectivity index (χ1) is 8.45. The Morgan fingerprint density at radius 2 is 2.17 bits per heavy atom. The second kappa shape index (κ2) is 6.25. The van der Waals surface area contributed by atoms with Crippen LogP contribution < -0.4 is 0 Å². The van der Waals surface area contributed by atoms with E-state index in [2.05, 4.69) is 0 Å². The van der Waals surface area contributed by atoms with Gasteiger partial charge in [0.1, 0.15) is 11.7 Å². The average molecular weight is 271 g/mol. The predicted octanol–water partition coefficient (Wildman–Crippen LogP) is 1.97. The smallest absolute Gasteiger partial charge is 0.324 e. The summed E-state index contributed by atoms with van der Waals surface area (Å²) in [5.74, 6) is -1.77.